The Morgan fingerprint density at radius 2 is 1.78 bits per heavy atom. The van der Waals surface area contributed by atoms with E-state index in [1.165, 1.54) is 0 Å². The summed E-state index contributed by atoms with van der Waals surface area (Å²) in [7, 11) is 3.68. The molecule has 2 aromatic carbocycles. The van der Waals surface area contributed by atoms with Gasteiger partial charge in [0.25, 0.3) is 0 Å². The van der Waals surface area contributed by atoms with Crippen molar-refractivity contribution in [1.29, 1.82) is 0 Å². The van der Waals surface area contributed by atoms with Gasteiger partial charge in [0.2, 0.25) is 5.91 Å². The zero-order chi connectivity index (χ0) is 19.6. The number of fused-ring (bicyclic) bond motifs is 1. The Morgan fingerprint density at radius 1 is 1.11 bits per heavy atom. The molecule has 0 bridgehead atoms. The normalized spacial score (nSPS) is 13.6. The number of carbonyl (C=O) groups excluding carboxylic acids is 1. The zero-order valence-corrected chi connectivity index (χ0v) is 16.8. The number of nitrogens with zero attached hydrogens (tertiary/aromatic N) is 2. The van der Waals surface area contributed by atoms with Gasteiger partial charge in [-0.05, 0) is 68.3 Å². The van der Waals surface area contributed by atoms with Gasteiger partial charge in [-0.15, -0.1) is 0 Å². The number of carbonyl (C=O) groups is 1. The Morgan fingerprint density at radius 3 is 2.37 bits per heavy atom. The van der Waals surface area contributed by atoms with Gasteiger partial charge in [-0.25, -0.2) is 0 Å². The minimum atomic E-state index is 0.0568. The smallest absolute Gasteiger partial charge is 0.231 e. The van der Waals surface area contributed by atoms with E-state index in [1.54, 1.807) is 7.11 Å². The topological polar surface area (TPSA) is 42.0 Å². The van der Waals surface area contributed by atoms with Gasteiger partial charge < -0.3 is 19.3 Å². The largest absolute Gasteiger partial charge is 0.493 e. The fourth-order valence-corrected chi connectivity index (χ4v) is 3.28. The molecular formula is C22H28N2O3. The summed E-state index contributed by atoms with van der Waals surface area (Å²) in [5.41, 5.74) is 4.16. The number of anilines is 2. The quantitative estimate of drug-likeness (QED) is 0.772. The number of ether oxygens (including phenoxy) is 2. The lowest BCUT2D eigenvalue weighted by molar-refractivity contribution is -0.118. The van der Waals surface area contributed by atoms with E-state index in [9.17, 15) is 4.79 Å². The van der Waals surface area contributed by atoms with Crippen molar-refractivity contribution < 1.29 is 14.3 Å². The van der Waals surface area contributed by atoms with E-state index in [4.69, 9.17) is 9.47 Å². The van der Waals surface area contributed by atoms with Crippen molar-refractivity contribution >= 4 is 17.3 Å². The Hall–Kier alpha value is -2.69. The number of amides is 1. The predicted octanol–water partition coefficient (Wildman–Crippen LogP) is 4.03. The lowest BCUT2D eigenvalue weighted by Gasteiger charge is -2.30. The van der Waals surface area contributed by atoms with Gasteiger partial charge >= 0.3 is 0 Å². The van der Waals surface area contributed by atoms with Crippen molar-refractivity contribution in [2.45, 2.75) is 39.8 Å². The molecule has 0 N–H and O–H groups in total. The van der Waals surface area contributed by atoms with Gasteiger partial charge in [-0.2, -0.15) is 0 Å². The van der Waals surface area contributed by atoms with Crippen LogP contribution < -0.4 is 19.3 Å². The summed E-state index contributed by atoms with van der Waals surface area (Å²) in [6.07, 6.45) is 0.422. The molecule has 0 saturated heterocycles. The molecule has 3 rings (SSSR count). The summed E-state index contributed by atoms with van der Waals surface area (Å²) in [5.74, 6) is 1.50. The van der Waals surface area contributed by atoms with Crippen LogP contribution in [0.3, 0.4) is 0 Å². The van der Waals surface area contributed by atoms with E-state index in [2.05, 4.69) is 31.0 Å². The van der Waals surface area contributed by atoms with Crippen LogP contribution in [-0.4, -0.2) is 32.7 Å². The predicted molar refractivity (Wildman–Crippen MR) is 109 cm³/mol. The van der Waals surface area contributed by atoms with Crippen molar-refractivity contribution in [3.63, 3.8) is 0 Å². The molecule has 1 heterocycles. The highest BCUT2D eigenvalue weighted by atomic mass is 16.5. The molecule has 1 amide bonds. The van der Waals surface area contributed by atoms with Crippen LogP contribution in [-0.2, 0) is 17.8 Å². The van der Waals surface area contributed by atoms with Crippen molar-refractivity contribution in [3.8, 4) is 11.5 Å². The second-order valence-electron chi connectivity index (χ2n) is 7.13. The molecule has 1 aliphatic heterocycles. The molecule has 0 spiro atoms. The number of hydrogen-bond donors (Lipinski definition) is 0. The van der Waals surface area contributed by atoms with E-state index in [1.807, 2.05) is 43.0 Å². The van der Waals surface area contributed by atoms with Crippen molar-refractivity contribution in [2.75, 3.05) is 30.5 Å². The van der Waals surface area contributed by atoms with Crippen LogP contribution in [0.25, 0.3) is 0 Å². The highest BCUT2D eigenvalue weighted by Gasteiger charge is 2.26. The molecule has 0 atom stereocenters. The van der Waals surface area contributed by atoms with E-state index in [-0.39, 0.29) is 12.0 Å². The average Bonchev–Trinajstić information content (AvgIpc) is 2.66. The SMILES string of the molecule is CCN(C)c1ccc(N2Cc3cc(OC(C)C)c(OC)cc3CC2=O)cc1. The zero-order valence-electron chi connectivity index (χ0n) is 16.8. The average molecular weight is 368 g/mol. The Bertz CT molecular complexity index is 815. The highest BCUT2D eigenvalue weighted by molar-refractivity contribution is 5.96. The first-order chi connectivity index (χ1) is 12.9. The van der Waals surface area contributed by atoms with Gasteiger partial charge in [-0.1, -0.05) is 0 Å². The minimum Gasteiger partial charge on any atom is -0.493 e. The lowest BCUT2D eigenvalue weighted by Crippen LogP contribution is -2.36. The van der Waals surface area contributed by atoms with Gasteiger partial charge in [-0.3, -0.25) is 4.79 Å². The number of rotatable bonds is 6. The van der Waals surface area contributed by atoms with Crippen molar-refractivity contribution in [1.82, 2.24) is 0 Å². The Kier molecular flexibility index (Phi) is 5.59. The molecule has 0 unspecified atom stereocenters. The second kappa shape index (κ2) is 7.91. The fraction of sp³-hybridized carbons (Fsp3) is 0.409. The third-order valence-corrected chi connectivity index (χ3v) is 4.90. The number of hydrogen-bond acceptors (Lipinski definition) is 4. The first-order valence-electron chi connectivity index (χ1n) is 9.41. The van der Waals surface area contributed by atoms with Gasteiger partial charge in [0.1, 0.15) is 0 Å². The maximum Gasteiger partial charge on any atom is 0.231 e. The molecular weight excluding hydrogens is 340 g/mol. The minimum absolute atomic E-state index is 0.0568. The molecule has 27 heavy (non-hydrogen) atoms. The molecule has 0 saturated carbocycles. The molecule has 144 valence electrons. The molecule has 0 fully saturated rings. The Balaban J connectivity index is 1.89. The standard InChI is InChI=1S/C22H28N2O3/c1-6-23(4)18-7-9-19(10-8-18)24-14-17-12-21(27-15(2)3)20(26-5)11-16(17)13-22(24)25/h7-12,15H,6,13-14H2,1-5H3. The second-order valence-corrected chi connectivity index (χ2v) is 7.13. The van der Waals surface area contributed by atoms with Crippen LogP contribution in [0.5, 0.6) is 11.5 Å². The van der Waals surface area contributed by atoms with Crippen molar-refractivity contribution in [3.05, 3.63) is 47.5 Å². The molecule has 2 aromatic rings. The van der Waals surface area contributed by atoms with E-state index >= 15 is 0 Å². The summed E-state index contributed by atoms with van der Waals surface area (Å²) in [4.78, 5) is 16.7. The van der Waals surface area contributed by atoms with E-state index in [0.717, 1.165) is 34.8 Å². The summed E-state index contributed by atoms with van der Waals surface area (Å²) in [6, 6.07) is 12.1. The first-order valence-corrected chi connectivity index (χ1v) is 9.41. The van der Waals surface area contributed by atoms with Crippen LogP contribution in [0.1, 0.15) is 31.9 Å². The number of methoxy groups -OCH3 is 1. The maximum absolute atomic E-state index is 12.7. The van der Waals surface area contributed by atoms with Crippen LogP contribution in [0, 0.1) is 0 Å². The van der Waals surface area contributed by atoms with Crippen molar-refractivity contribution in [2.24, 2.45) is 0 Å². The fourth-order valence-electron chi connectivity index (χ4n) is 3.28. The number of benzene rings is 2. The summed E-state index contributed by atoms with van der Waals surface area (Å²) >= 11 is 0. The summed E-state index contributed by atoms with van der Waals surface area (Å²) in [6.45, 7) is 7.57. The van der Waals surface area contributed by atoms with E-state index in [0.29, 0.717) is 18.7 Å². The molecule has 0 aliphatic carbocycles. The lowest BCUT2D eigenvalue weighted by atomic mass is 9.97. The molecule has 5 heteroatoms. The third kappa shape index (κ3) is 4.02. The van der Waals surface area contributed by atoms with Crippen LogP contribution in [0.4, 0.5) is 11.4 Å². The van der Waals surface area contributed by atoms with Gasteiger partial charge in [0.15, 0.2) is 11.5 Å². The Labute approximate surface area is 161 Å². The summed E-state index contributed by atoms with van der Waals surface area (Å²) < 4.78 is 11.3. The van der Waals surface area contributed by atoms with Gasteiger partial charge in [0, 0.05) is 25.0 Å². The molecule has 1 aliphatic rings. The maximum atomic E-state index is 12.7. The van der Waals surface area contributed by atoms with Crippen LogP contribution in [0.2, 0.25) is 0 Å². The third-order valence-electron chi connectivity index (χ3n) is 4.90. The first kappa shape index (κ1) is 19.1. The monoisotopic (exact) mass is 368 g/mol. The van der Waals surface area contributed by atoms with Crippen LogP contribution >= 0.6 is 0 Å². The highest BCUT2D eigenvalue weighted by Crippen LogP contribution is 2.35. The van der Waals surface area contributed by atoms with Gasteiger partial charge in [0.05, 0.1) is 26.2 Å². The summed E-state index contributed by atoms with van der Waals surface area (Å²) in [5, 5.41) is 0. The molecule has 0 radical (unpaired) electrons. The molecule has 5 nitrogen and oxygen atoms in total. The van der Waals surface area contributed by atoms with E-state index < -0.39 is 0 Å². The molecule has 0 aromatic heterocycles. The van der Waals surface area contributed by atoms with Crippen LogP contribution in [0.15, 0.2) is 36.4 Å².